The highest BCUT2D eigenvalue weighted by molar-refractivity contribution is 5.96. The van der Waals surface area contributed by atoms with Crippen molar-refractivity contribution in [1.82, 2.24) is 14.9 Å². The van der Waals surface area contributed by atoms with Gasteiger partial charge < -0.3 is 14.4 Å². The molecule has 0 saturated carbocycles. The van der Waals surface area contributed by atoms with Gasteiger partial charge in [0, 0.05) is 18.5 Å². The van der Waals surface area contributed by atoms with Crippen molar-refractivity contribution in [3.05, 3.63) is 48.3 Å². The molecule has 1 aliphatic heterocycles. The van der Waals surface area contributed by atoms with Gasteiger partial charge in [-0.2, -0.15) is 0 Å². The van der Waals surface area contributed by atoms with Crippen LogP contribution in [-0.2, 0) is 0 Å². The molecule has 0 radical (unpaired) electrons. The number of likely N-dealkylation sites (tertiary alicyclic amines) is 1. The summed E-state index contributed by atoms with van der Waals surface area (Å²) in [4.78, 5) is 22.2. The summed E-state index contributed by atoms with van der Waals surface area (Å²) in [5, 5.41) is 0. The van der Waals surface area contributed by atoms with Crippen LogP contribution >= 0.6 is 0 Å². The Hall–Kier alpha value is -2.63. The fraction of sp³-hybridized carbons (Fsp3) is 0.267. The SMILES string of the molecule is COc1ncccc1C(=O)N1CC(Oc2ccccn2)C1. The molecule has 0 spiro atoms. The van der Waals surface area contributed by atoms with E-state index >= 15 is 0 Å². The number of methoxy groups -OCH3 is 1. The first kappa shape index (κ1) is 13.4. The van der Waals surface area contributed by atoms with E-state index in [-0.39, 0.29) is 12.0 Å². The molecule has 0 aromatic carbocycles. The van der Waals surface area contributed by atoms with Gasteiger partial charge in [0.15, 0.2) is 0 Å². The number of carbonyl (C=O) groups excluding carboxylic acids is 1. The standard InChI is InChI=1S/C15H15N3O3/c1-20-14-12(5-4-8-17-14)15(19)18-9-11(10-18)21-13-6-2-3-7-16-13/h2-8,11H,9-10H2,1H3. The number of aromatic nitrogens is 2. The van der Waals surface area contributed by atoms with Crippen molar-refractivity contribution in [2.45, 2.75) is 6.10 Å². The largest absolute Gasteiger partial charge is 0.480 e. The van der Waals surface area contributed by atoms with E-state index in [1.165, 1.54) is 7.11 Å². The van der Waals surface area contributed by atoms with Crippen LogP contribution in [-0.4, -0.2) is 47.1 Å². The Morgan fingerprint density at radius 3 is 2.71 bits per heavy atom. The molecule has 1 aliphatic rings. The molecule has 3 rings (SSSR count). The predicted molar refractivity (Wildman–Crippen MR) is 75.3 cm³/mol. The number of carbonyl (C=O) groups is 1. The monoisotopic (exact) mass is 285 g/mol. The highest BCUT2D eigenvalue weighted by Crippen LogP contribution is 2.21. The third-order valence-electron chi connectivity index (χ3n) is 3.26. The molecule has 0 atom stereocenters. The number of hydrogen-bond acceptors (Lipinski definition) is 5. The summed E-state index contributed by atoms with van der Waals surface area (Å²) < 4.78 is 10.8. The van der Waals surface area contributed by atoms with Crippen molar-refractivity contribution >= 4 is 5.91 Å². The van der Waals surface area contributed by atoms with E-state index in [4.69, 9.17) is 9.47 Å². The fourth-order valence-electron chi connectivity index (χ4n) is 2.15. The number of ether oxygens (including phenoxy) is 2. The van der Waals surface area contributed by atoms with E-state index in [2.05, 4.69) is 9.97 Å². The minimum absolute atomic E-state index is 0.0217. The summed E-state index contributed by atoms with van der Waals surface area (Å²) in [5.74, 6) is 0.825. The number of pyridine rings is 2. The van der Waals surface area contributed by atoms with Crippen molar-refractivity contribution in [1.29, 1.82) is 0 Å². The van der Waals surface area contributed by atoms with Gasteiger partial charge in [-0.25, -0.2) is 9.97 Å². The van der Waals surface area contributed by atoms with Crippen LogP contribution in [0.25, 0.3) is 0 Å². The quantitative estimate of drug-likeness (QED) is 0.849. The molecule has 3 heterocycles. The van der Waals surface area contributed by atoms with Crippen LogP contribution in [0.1, 0.15) is 10.4 Å². The molecule has 6 heteroatoms. The van der Waals surface area contributed by atoms with Gasteiger partial charge in [-0.05, 0) is 18.2 Å². The van der Waals surface area contributed by atoms with Crippen molar-refractivity contribution in [3.8, 4) is 11.8 Å². The Kier molecular flexibility index (Phi) is 3.68. The third kappa shape index (κ3) is 2.79. The lowest BCUT2D eigenvalue weighted by atomic mass is 10.1. The molecule has 21 heavy (non-hydrogen) atoms. The minimum Gasteiger partial charge on any atom is -0.480 e. The Morgan fingerprint density at radius 1 is 1.19 bits per heavy atom. The van der Waals surface area contributed by atoms with Crippen LogP contribution in [0.3, 0.4) is 0 Å². The lowest BCUT2D eigenvalue weighted by molar-refractivity contribution is 0.0157. The molecule has 1 fully saturated rings. The lowest BCUT2D eigenvalue weighted by Crippen LogP contribution is -2.56. The molecular weight excluding hydrogens is 270 g/mol. The summed E-state index contributed by atoms with van der Waals surface area (Å²) in [6.45, 7) is 1.07. The summed E-state index contributed by atoms with van der Waals surface area (Å²) in [6, 6.07) is 8.93. The summed E-state index contributed by atoms with van der Waals surface area (Å²) in [7, 11) is 1.50. The molecule has 0 bridgehead atoms. The van der Waals surface area contributed by atoms with E-state index in [1.54, 1.807) is 35.5 Å². The van der Waals surface area contributed by atoms with E-state index < -0.39 is 0 Å². The van der Waals surface area contributed by atoms with Crippen molar-refractivity contribution in [2.24, 2.45) is 0 Å². The van der Waals surface area contributed by atoms with Gasteiger partial charge in [-0.1, -0.05) is 6.07 Å². The van der Waals surface area contributed by atoms with Gasteiger partial charge in [0.25, 0.3) is 5.91 Å². The Bertz CT molecular complexity index is 627. The maximum absolute atomic E-state index is 12.3. The van der Waals surface area contributed by atoms with Crippen molar-refractivity contribution in [2.75, 3.05) is 20.2 Å². The molecule has 0 unspecified atom stereocenters. The molecular formula is C15H15N3O3. The maximum Gasteiger partial charge on any atom is 0.259 e. The first-order valence-corrected chi connectivity index (χ1v) is 6.64. The molecule has 1 amide bonds. The van der Waals surface area contributed by atoms with Crippen LogP contribution in [0.4, 0.5) is 0 Å². The molecule has 2 aromatic rings. The summed E-state index contributed by atoms with van der Waals surface area (Å²) >= 11 is 0. The number of hydrogen-bond donors (Lipinski definition) is 0. The lowest BCUT2D eigenvalue weighted by Gasteiger charge is -2.38. The Balaban J connectivity index is 1.60. The molecule has 1 saturated heterocycles. The van der Waals surface area contributed by atoms with Crippen LogP contribution in [0, 0.1) is 0 Å². The third-order valence-corrected chi connectivity index (χ3v) is 3.26. The van der Waals surface area contributed by atoms with Crippen LogP contribution < -0.4 is 9.47 Å². The topological polar surface area (TPSA) is 64.5 Å². The second-order valence-electron chi connectivity index (χ2n) is 4.68. The Labute approximate surface area is 122 Å². The number of amides is 1. The molecule has 108 valence electrons. The molecule has 0 aliphatic carbocycles. The average Bonchev–Trinajstić information content (AvgIpc) is 2.51. The van der Waals surface area contributed by atoms with Gasteiger partial charge in [0.2, 0.25) is 11.8 Å². The van der Waals surface area contributed by atoms with Gasteiger partial charge in [-0.3, -0.25) is 4.79 Å². The van der Waals surface area contributed by atoms with E-state index in [9.17, 15) is 4.79 Å². The van der Waals surface area contributed by atoms with Crippen LogP contribution in [0.5, 0.6) is 11.8 Å². The number of nitrogens with zero attached hydrogens (tertiary/aromatic N) is 3. The van der Waals surface area contributed by atoms with Gasteiger partial charge in [0.1, 0.15) is 11.7 Å². The molecule has 0 N–H and O–H groups in total. The zero-order chi connectivity index (χ0) is 14.7. The van der Waals surface area contributed by atoms with Crippen molar-refractivity contribution in [3.63, 3.8) is 0 Å². The summed E-state index contributed by atoms with van der Waals surface area (Å²) in [5.41, 5.74) is 0.469. The highest BCUT2D eigenvalue weighted by Gasteiger charge is 2.34. The fourth-order valence-corrected chi connectivity index (χ4v) is 2.15. The summed E-state index contributed by atoms with van der Waals surface area (Å²) in [6.07, 6.45) is 3.25. The zero-order valence-electron chi connectivity index (χ0n) is 11.6. The number of rotatable bonds is 4. The predicted octanol–water partition coefficient (Wildman–Crippen LogP) is 1.39. The van der Waals surface area contributed by atoms with E-state index in [0.717, 1.165) is 0 Å². The molecule has 2 aromatic heterocycles. The highest BCUT2D eigenvalue weighted by atomic mass is 16.5. The van der Waals surface area contributed by atoms with Crippen molar-refractivity contribution < 1.29 is 14.3 Å². The average molecular weight is 285 g/mol. The van der Waals surface area contributed by atoms with Gasteiger partial charge in [0.05, 0.1) is 20.2 Å². The first-order valence-electron chi connectivity index (χ1n) is 6.64. The zero-order valence-corrected chi connectivity index (χ0v) is 11.6. The smallest absolute Gasteiger partial charge is 0.259 e. The van der Waals surface area contributed by atoms with Crippen LogP contribution in [0.15, 0.2) is 42.7 Å². The van der Waals surface area contributed by atoms with Crippen LogP contribution in [0.2, 0.25) is 0 Å². The second-order valence-corrected chi connectivity index (χ2v) is 4.68. The Morgan fingerprint density at radius 2 is 2.00 bits per heavy atom. The van der Waals surface area contributed by atoms with E-state index in [0.29, 0.717) is 30.4 Å². The minimum atomic E-state index is -0.0965. The maximum atomic E-state index is 12.3. The van der Waals surface area contributed by atoms with E-state index in [1.807, 2.05) is 12.1 Å². The van der Waals surface area contributed by atoms with Gasteiger partial charge >= 0.3 is 0 Å². The normalized spacial score (nSPS) is 14.4. The second kappa shape index (κ2) is 5.78. The first-order chi connectivity index (χ1) is 10.3. The molecule has 6 nitrogen and oxygen atoms in total. The van der Waals surface area contributed by atoms with Gasteiger partial charge in [-0.15, -0.1) is 0 Å².